The molecular weight excluding hydrogens is 382 g/mol. The van der Waals surface area contributed by atoms with E-state index in [4.69, 9.17) is 9.15 Å². The van der Waals surface area contributed by atoms with Gasteiger partial charge in [0, 0.05) is 36.8 Å². The molecule has 0 saturated carbocycles. The van der Waals surface area contributed by atoms with Gasteiger partial charge in [-0.25, -0.2) is 0 Å². The smallest absolute Gasteiger partial charge is 0.289 e. The first-order valence-electron chi connectivity index (χ1n) is 10.7. The number of anilines is 1. The van der Waals surface area contributed by atoms with Crippen molar-refractivity contribution in [2.75, 3.05) is 38.6 Å². The van der Waals surface area contributed by atoms with Crippen molar-refractivity contribution in [1.29, 1.82) is 0 Å². The molecule has 7 nitrogen and oxygen atoms in total. The lowest BCUT2D eigenvalue weighted by Gasteiger charge is -2.41. The summed E-state index contributed by atoms with van der Waals surface area (Å²) in [5, 5.41) is 3.02. The van der Waals surface area contributed by atoms with E-state index in [1.165, 1.54) is 6.26 Å². The lowest BCUT2D eigenvalue weighted by molar-refractivity contribution is -0.121. The maximum atomic E-state index is 12.7. The fourth-order valence-electron chi connectivity index (χ4n) is 4.46. The quantitative estimate of drug-likeness (QED) is 0.818. The second kappa shape index (κ2) is 9.34. The molecule has 2 saturated heterocycles. The van der Waals surface area contributed by atoms with Crippen LogP contribution in [0.5, 0.6) is 5.75 Å². The van der Waals surface area contributed by atoms with Gasteiger partial charge in [0.1, 0.15) is 5.75 Å². The van der Waals surface area contributed by atoms with Crippen LogP contribution in [0.4, 0.5) is 5.69 Å². The van der Waals surface area contributed by atoms with Gasteiger partial charge in [-0.2, -0.15) is 0 Å². The van der Waals surface area contributed by atoms with Crippen molar-refractivity contribution in [1.82, 2.24) is 9.80 Å². The van der Waals surface area contributed by atoms with Crippen LogP contribution < -0.4 is 10.1 Å². The van der Waals surface area contributed by atoms with E-state index in [0.717, 1.165) is 63.3 Å². The Morgan fingerprint density at radius 3 is 2.47 bits per heavy atom. The molecule has 2 aliphatic rings. The maximum absolute atomic E-state index is 12.7. The molecule has 30 heavy (non-hydrogen) atoms. The van der Waals surface area contributed by atoms with Crippen molar-refractivity contribution in [2.24, 2.45) is 5.92 Å². The van der Waals surface area contributed by atoms with Gasteiger partial charge >= 0.3 is 0 Å². The van der Waals surface area contributed by atoms with Gasteiger partial charge < -0.3 is 24.3 Å². The number of likely N-dealkylation sites (tertiary alicyclic amines) is 2. The molecule has 1 aromatic carbocycles. The van der Waals surface area contributed by atoms with Crippen LogP contribution in [0, 0.1) is 5.92 Å². The first-order chi connectivity index (χ1) is 14.6. The Balaban J connectivity index is 1.23. The number of nitrogens with one attached hydrogen (secondary N) is 1. The van der Waals surface area contributed by atoms with Crippen LogP contribution in [-0.2, 0) is 4.79 Å². The summed E-state index contributed by atoms with van der Waals surface area (Å²) < 4.78 is 10.5. The second-order valence-corrected chi connectivity index (χ2v) is 8.03. The third-order valence-corrected chi connectivity index (χ3v) is 6.24. The molecule has 3 heterocycles. The number of carbonyl (C=O) groups excluding carboxylic acids is 2. The first kappa shape index (κ1) is 20.5. The van der Waals surface area contributed by atoms with Crippen LogP contribution in [0.3, 0.4) is 0 Å². The molecule has 160 valence electrons. The monoisotopic (exact) mass is 411 g/mol. The lowest BCUT2D eigenvalue weighted by atomic mass is 9.92. The molecule has 0 radical (unpaired) electrons. The highest BCUT2D eigenvalue weighted by Gasteiger charge is 2.32. The van der Waals surface area contributed by atoms with Crippen LogP contribution in [0.15, 0.2) is 47.1 Å². The number of benzene rings is 1. The minimum absolute atomic E-state index is 0.0219. The van der Waals surface area contributed by atoms with Crippen LogP contribution in [0.2, 0.25) is 0 Å². The molecule has 2 fully saturated rings. The number of piperidine rings is 2. The molecule has 0 spiro atoms. The summed E-state index contributed by atoms with van der Waals surface area (Å²) in [6.07, 6.45) is 5.19. The van der Waals surface area contributed by atoms with E-state index in [9.17, 15) is 9.59 Å². The summed E-state index contributed by atoms with van der Waals surface area (Å²) in [6, 6.07) is 11.4. The van der Waals surface area contributed by atoms with E-state index in [1.54, 1.807) is 19.2 Å². The van der Waals surface area contributed by atoms with E-state index in [0.29, 0.717) is 11.8 Å². The number of hydrogen-bond donors (Lipinski definition) is 1. The SMILES string of the molecule is COc1cccc(NC(=O)C2CCN(C3CCN(C(=O)c4ccco4)CC3)CC2)c1. The van der Waals surface area contributed by atoms with Crippen LogP contribution in [-0.4, -0.2) is 60.9 Å². The van der Waals surface area contributed by atoms with E-state index in [2.05, 4.69) is 10.2 Å². The zero-order valence-corrected chi connectivity index (χ0v) is 17.4. The average molecular weight is 412 g/mol. The van der Waals surface area contributed by atoms with Crippen molar-refractivity contribution in [3.63, 3.8) is 0 Å². The van der Waals surface area contributed by atoms with E-state index >= 15 is 0 Å². The Hall–Kier alpha value is -2.80. The molecule has 0 bridgehead atoms. The highest BCUT2D eigenvalue weighted by molar-refractivity contribution is 5.93. The Labute approximate surface area is 177 Å². The summed E-state index contributed by atoms with van der Waals surface area (Å²) in [5.41, 5.74) is 0.773. The third-order valence-electron chi connectivity index (χ3n) is 6.24. The van der Waals surface area contributed by atoms with Gasteiger partial charge in [-0.1, -0.05) is 6.07 Å². The molecule has 2 amide bonds. The largest absolute Gasteiger partial charge is 0.497 e. The van der Waals surface area contributed by atoms with Gasteiger partial charge in [-0.3, -0.25) is 9.59 Å². The van der Waals surface area contributed by atoms with Crippen molar-refractivity contribution in [2.45, 2.75) is 31.7 Å². The number of nitrogens with zero attached hydrogens (tertiary/aromatic N) is 2. The third kappa shape index (κ3) is 4.67. The Bertz CT molecular complexity index is 851. The van der Waals surface area contributed by atoms with Gasteiger partial charge in [-0.15, -0.1) is 0 Å². The summed E-state index contributed by atoms with van der Waals surface area (Å²) in [7, 11) is 1.62. The van der Waals surface area contributed by atoms with Gasteiger partial charge in [0.05, 0.1) is 13.4 Å². The Morgan fingerprint density at radius 1 is 1.03 bits per heavy atom. The summed E-state index contributed by atoms with van der Waals surface area (Å²) in [4.78, 5) is 29.4. The second-order valence-electron chi connectivity index (χ2n) is 8.03. The molecule has 1 N–H and O–H groups in total. The van der Waals surface area contributed by atoms with Gasteiger partial charge in [0.25, 0.3) is 5.91 Å². The van der Waals surface area contributed by atoms with Crippen LogP contribution in [0.25, 0.3) is 0 Å². The molecular formula is C23H29N3O4. The predicted octanol–water partition coefficient (Wildman–Crippen LogP) is 3.24. The lowest BCUT2D eigenvalue weighted by Crippen LogP contribution is -2.49. The van der Waals surface area contributed by atoms with Crippen molar-refractivity contribution in [3.05, 3.63) is 48.4 Å². The van der Waals surface area contributed by atoms with Gasteiger partial charge in [-0.05, 0) is 63.0 Å². The first-order valence-corrected chi connectivity index (χ1v) is 10.7. The fraction of sp³-hybridized carbons (Fsp3) is 0.478. The topological polar surface area (TPSA) is 75.0 Å². The van der Waals surface area contributed by atoms with Crippen LogP contribution >= 0.6 is 0 Å². The molecule has 0 aliphatic carbocycles. The highest BCUT2D eigenvalue weighted by Crippen LogP contribution is 2.26. The molecule has 1 aromatic heterocycles. The molecule has 4 rings (SSSR count). The normalized spacial score (nSPS) is 18.9. The zero-order valence-electron chi connectivity index (χ0n) is 17.4. The molecule has 0 atom stereocenters. The number of furan rings is 1. The van der Waals surface area contributed by atoms with Crippen LogP contribution in [0.1, 0.15) is 36.2 Å². The fourth-order valence-corrected chi connectivity index (χ4v) is 4.46. The predicted molar refractivity (Wildman–Crippen MR) is 114 cm³/mol. The zero-order chi connectivity index (χ0) is 20.9. The van der Waals surface area contributed by atoms with Crippen molar-refractivity contribution in [3.8, 4) is 5.75 Å². The average Bonchev–Trinajstić information content (AvgIpc) is 3.34. The number of hydrogen-bond acceptors (Lipinski definition) is 5. The number of carbonyl (C=O) groups is 2. The van der Waals surface area contributed by atoms with Gasteiger partial charge in [0.2, 0.25) is 5.91 Å². The summed E-state index contributed by atoms with van der Waals surface area (Å²) >= 11 is 0. The number of ether oxygens (including phenoxy) is 1. The minimum atomic E-state index is -0.0219. The summed E-state index contributed by atoms with van der Waals surface area (Å²) in [5.74, 6) is 1.25. The number of amides is 2. The van der Waals surface area contributed by atoms with E-state index in [-0.39, 0.29) is 17.7 Å². The molecule has 2 aliphatic heterocycles. The van der Waals surface area contributed by atoms with E-state index in [1.807, 2.05) is 29.2 Å². The van der Waals surface area contributed by atoms with Crippen molar-refractivity contribution < 1.29 is 18.7 Å². The Morgan fingerprint density at radius 2 is 1.80 bits per heavy atom. The molecule has 7 heteroatoms. The van der Waals surface area contributed by atoms with Gasteiger partial charge in [0.15, 0.2) is 5.76 Å². The standard InChI is InChI=1S/C23H29N3O4/c1-29-20-5-2-4-18(16-20)24-22(27)17-7-11-25(12-8-17)19-9-13-26(14-10-19)23(28)21-6-3-15-30-21/h2-6,15-17,19H,7-14H2,1H3,(H,24,27). The number of rotatable bonds is 5. The van der Waals surface area contributed by atoms with E-state index < -0.39 is 0 Å². The molecule has 2 aromatic rings. The number of methoxy groups -OCH3 is 1. The summed E-state index contributed by atoms with van der Waals surface area (Å²) in [6.45, 7) is 3.35. The molecule has 0 unspecified atom stereocenters. The highest BCUT2D eigenvalue weighted by atomic mass is 16.5. The minimum Gasteiger partial charge on any atom is -0.497 e. The Kier molecular flexibility index (Phi) is 6.38. The maximum Gasteiger partial charge on any atom is 0.289 e. The van der Waals surface area contributed by atoms with Crippen molar-refractivity contribution >= 4 is 17.5 Å².